The fourth-order valence-electron chi connectivity index (χ4n) is 4.34. The van der Waals surface area contributed by atoms with Crippen molar-refractivity contribution in [1.29, 1.82) is 0 Å². The van der Waals surface area contributed by atoms with E-state index in [-0.39, 0.29) is 23.1 Å². The molecule has 2 aliphatic rings. The van der Waals surface area contributed by atoms with Gasteiger partial charge in [-0.25, -0.2) is 9.59 Å². The third kappa shape index (κ3) is 5.06. The topological polar surface area (TPSA) is 107 Å². The molecule has 0 N–H and O–H groups in total. The molecule has 8 nitrogen and oxygen atoms in total. The number of carbonyl (C=O) groups is 5. The summed E-state index contributed by atoms with van der Waals surface area (Å²) in [6, 6.07) is 13.2. The van der Waals surface area contributed by atoms with Gasteiger partial charge in [-0.05, 0) is 63.1 Å². The van der Waals surface area contributed by atoms with E-state index in [0.717, 1.165) is 10.5 Å². The minimum atomic E-state index is -1.12. The quantitative estimate of drug-likeness (QED) is 0.199. The number of allylic oxidation sites excluding steroid dienone is 2. The summed E-state index contributed by atoms with van der Waals surface area (Å²) in [6.07, 6.45) is 2.93. The Morgan fingerprint density at radius 2 is 1.60 bits per heavy atom. The highest BCUT2D eigenvalue weighted by Gasteiger charge is 2.51. The van der Waals surface area contributed by atoms with Gasteiger partial charge in [-0.3, -0.25) is 19.3 Å². The van der Waals surface area contributed by atoms with E-state index in [2.05, 4.69) is 0 Å². The summed E-state index contributed by atoms with van der Waals surface area (Å²) in [7, 11) is 0. The van der Waals surface area contributed by atoms with E-state index in [1.165, 1.54) is 31.2 Å². The molecule has 1 heterocycles. The van der Waals surface area contributed by atoms with E-state index in [9.17, 15) is 24.0 Å². The lowest BCUT2D eigenvalue weighted by Gasteiger charge is -2.21. The van der Waals surface area contributed by atoms with E-state index in [0.29, 0.717) is 18.4 Å². The summed E-state index contributed by atoms with van der Waals surface area (Å²) >= 11 is 0. The first kappa shape index (κ1) is 24.1. The molecule has 3 atom stereocenters. The molecule has 0 saturated carbocycles. The van der Waals surface area contributed by atoms with Crippen LogP contribution in [-0.4, -0.2) is 47.1 Å². The van der Waals surface area contributed by atoms with E-state index in [4.69, 9.17) is 9.47 Å². The van der Waals surface area contributed by atoms with Gasteiger partial charge in [0, 0.05) is 5.56 Å². The first-order valence-corrected chi connectivity index (χ1v) is 11.4. The molecule has 2 amide bonds. The molecule has 1 aliphatic carbocycles. The number of hydrogen-bond acceptors (Lipinski definition) is 7. The first-order valence-electron chi connectivity index (χ1n) is 11.4. The molecule has 1 fully saturated rings. The number of rotatable bonds is 7. The highest BCUT2D eigenvalue weighted by molar-refractivity contribution is 6.08. The van der Waals surface area contributed by atoms with Gasteiger partial charge >= 0.3 is 11.9 Å². The van der Waals surface area contributed by atoms with Gasteiger partial charge in [-0.15, -0.1) is 0 Å². The third-order valence-corrected chi connectivity index (χ3v) is 6.33. The van der Waals surface area contributed by atoms with Crippen LogP contribution in [0.15, 0.2) is 66.2 Å². The number of ketones is 1. The number of amides is 2. The van der Waals surface area contributed by atoms with Gasteiger partial charge < -0.3 is 9.47 Å². The highest BCUT2D eigenvalue weighted by atomic mass is 16.5. The van der Waals surface area contributed by atoms with Crippen molar-refractivity contribution >= 4 is 29.5 Å². The minimum Gasteiger partial charge on any atom is -0.456 e. The summed E-state index contributed by atoms with van der Waals surface area (Å²) in [4.78, 5) is 63.6. The van der Waals surface area contributed by atoms with Crippen LogP contribution >= 0.6 is 0 Å². The van der Waals surface area contributed by atoms with Crippen LogP contribution in [0.5, 0.6) is 5.75 Å². The number of imide groups is 1. The largest absolute Gasteiger partial charge is 0.456 e. The molecule has 35 heavy (non-hydrogen) atoms. The molecule has 0 aromatic heterocycles. The summed E-state index contributed by atoms with van der Waals surface area (Å²) in [5.41, 5.74) is 1.70. The number of fused-ring (bicyclic) bond motifs is 1. The molecule has 3 unspecified atom stereocenters. The minimum absolute atomic E-state index is 0.255. The zero-order chi connectivity index (χ0) is 25.1. The maximum atomic E-state index is 12.8. The number of ether oxygens (including phenoxy) is 2. The van der Waals surface area contributed by atoms with Crippen molar-refractivity contribution in [3.05, 3.63) is 77.4 Å². The van der Waals surface area contributed by atoms with Gasteiger partial charge in [0.25, 0.3) is 0 Å². The number of esters is 2. The number of likely N-dealkylation sites (tertiary alicyclic amines) is 1. The van der Waals surface area contributed by atoms with Crippen molar-refractivity contribution in [3.8, 4) is 5.75 Å². The summed E-state index contributed by atoms with van der Waals surface area (Å²) in [6.45, 7) is 2.80. The van der Waals surface area contributed by atoms with Crippen LogP contribution in [0.3, 0.4) is 0 Å². The second-order valence-corrected chi connectivity index (χ2v) is 8.74. The average Bonchev–Trinajstić information content (AvgIpc) is 3.11. The summed E-state index contributed by atoms with van der Waals surface area (Å²) in [5, 5.41) is 0. The maximum absolute atomic E-state index is 12.8. The standard InChI is InChI=1S/C27H25NO7/c1-16-8-13-21-22(14-16)25(31)28(24(21)30)17(2)26(32)34-15-23(29)18-9-11-20(12-10-18)35-27(33)19-6-4-3-5-7-19/h3-12,17,21-22H,13-15H2,1-2H3. The third-order valence-electron chi connectivity index (χ3n) is 6.33. The molecule has 8 heteroatoms. The Morgan fingerprint density at radius 1 is 0.943 bits per heavy atom. The van der Waals surface area contributed by atoms with Crippen molar-refractivity contribution in [2.75, 3.05) is 6.61 Å². The summed E-state index contributed by atoms with van der Waals surface area (Å²) < 4.78 is 10.4. The number of nitrogens with zero attached hydrogens (tertiary/aromatic N) is 1. The predicted molar refractivity (Wildman–Crippen MR) is 124 cm³/mol. The molecule has 2 aromatic carbocycles. The lowest BCUT2D eigenvalue weighted by atomic mass is 9.82. The molecular formula is C27H25NO7. The Hall–Kier alpha value is -4.07. The number of hydrogen-bond donors (Lipinski definition) is 0. The van der Waals surface area contributed by atoms with Gasteiger partial charge in [0.05, 0.1) is 17.4 Å². The van der Waals surface area contributed by atoms with E-state index in [1.54, 1.807) is 30.3 Å². The zero-order valence-corrected chi connectivity index (χ0v) is 19.4. The Morgan fingerprint density at radius 3 is 2.29 bits per heavy atom. The van der Waals surface area contributed by atoms with Crippen LogP contribution < -0.4 is 4.74 Å². The van der Waals surface area contributed by atoms with Crippen molar-refractivity contribution in [2.24, 2.45) is 11.8 Å². The summed E-state index contributed by atoms with van der Waals surface area (Å²) in [5.74, 6) is -3.20. The van der Waals surface area contributed by atoms with Crippen LogP contribution in [0, 0.1) is 11.8 Å². The Bertz CT molecular complexity index is 1200. The molecule has 1 aliphatic heterocycles. The van der Waals surface area contributed by atoms with E-state index in [1.807, 2.05) is 13.0 Å². The van der Waals surface area contributed by atoms with Gasteiger partial charge in [0.2, 0.25) is 11.8 Å². The van der Waals surface area contributed by atoms with E-state index < -0.39 is 42.2 Å². The van der Waals surface area contributed by atoms with Crippen LogP contribution in [0.1, 0.15) is 47.4 Å². The zero-order valence-electron chi connectivity index (χ0n) is 19.4. The first-order chi connectivity index (χ1) is 16.8. The Kier molecular flexibility index (Phi) is 6.91. The van der Waals surface area contributed by atoms with Crippen LogP contribution in [-0.2, 0) is 19.1 Å². The smallest absolute Gasteiger partial charge is 0.343 e. The average molecular weight is 475 g/mol. The molecular weight excluding hydrogens is 450 g/mol. The lowest BCUT2D eigenvalue weighted by Crippen LogP contribution is -2.44. The fourth-order valence-corrected chi connectivity index (χ4v) is 4.34. The molecule has 4 rings (SSSR count). The molecule has 0 radical (unpaired) electrons. The van der Waals surface area contributed by atoms with Gasteiger partial charge in [-0.2, -0.15) is 0 Å². The van der Waals surface area contributed by atoms with E-state index >= 15 is 0 Å². The van der Waals surface area contributed by atoms with Crippen molar-refractivity contribution in [3.63, 3.8) is 0 Å². The maximum Gasteiger partial charge on any atom is 0.343 e. The van der Waals surface area contributed by atoms with Crippen molar-refractivity contribution in [2.45, 2.75) is 32.7 Å². The van der Waals surface area contributed by atoms with Crippen LogP contribution in [0.2, 0.25) is 0 Å². The second kappa shape index (κ2) is 10.0. The van der Waals surface area contributed by atoms with Crippen molar-refractivity contribution < 1.29 is 33.4 Å². The molecule has 2 aromatic rings. The number of carbonyl (C=O) groups excluding carboxylic acids is 5. The molecule has 180 valence electrons. The Labute approximate surface area is 202 Å². The molecule has 1 saturated heterocycles. The van der Waals surface area contributed by atoms with Gasteiger partial charge in [0.15, 0.2) is 12.4 Å². The normalized spacial score (nSPS) is 20.1. The van der Waals surface area contributed by atoms with Crippen LogP contribution in [0.4, 0.5) is 0 Å². The molecule has 0 spiro atoms. The fraction of sp³-hybridized carbons (Fsp3) is 0.296. The predicted octanol–water partition coefficient (Wildman–Crippen LogP) is 3.36. The second-order valence-electron chi connectivity index (χ2n) is 8.74. The van der Waals surface area contributed by atoms with Gasteiger partial charge in [-0.1, -0.05) is 29.8 Å². The SMILES string of the molecule is CC1=CCC2C(=O)N(C(C)C(=O)OCC(=O)c3ccc(OC(=O)c4ccccc4)cc3)C(=O)C2C1. The Balaban J connectivity index is 1.31. The number of Topliss-reactive ketones (excluding diaryl/α,β-unsaturated/α-hetero) is 1. The number of benzene rings is 2. The van der Waals surface area contributed by atoms with Crippen molar-refractivity contribution in [1.82, 2.24) is 4.90 Å². The lowest BCUT2D eigenvalue weighted by molar-refractivity contribution is -0.157. The highest BCUT2D eigenvalue weighted by Crippen LogP contribution is 2.38. The van der Waals surface area contributed by atoms with Crippen LogP contribution in [0.25, 0.3) is 0 Å². The van der Waals surface area contributed by atoms with Gasteiger partial charge in [0.1, 0.15) is 11.8 Å². The molecule has 0 bridgehead atoms. The monoisotopic (exact) mass is 475 g/mol.